The van der Waals surface area contributed by atoms with Gasteiger partial charge in [0.25, 0.3) is 0 Å². The van der Waals surface area contributed by atoms with E-state index in [1.165, 1.54) is 14.0 Å². The number of hydrogen-bond donors (Lipinski definition) is 6. The molecule has 0 radical (unpaired) electrons. The number of ether oxygens (including phenoxy) is 5. The highest BCUT2D eigenvalue weighted by Gasteiger charge is 2.51. The van der Waals surface area contributed by atoms with E-state index in [0.717, 1.165) is 5.56 Å². The molecule has 10 unspecified atom stereocenters. The quantitative estimate of drug-likeness (QED) is 0.219. The SMILES string of the molecule is COC1C(OC2C(CO)OC(OCc3ccccc3)C(NC(C)=O)C2O)OC(CO)C(O)C1O. The average Bonchev–Trinajstić information content (AvgIpc) is 2.83. The number of carbonyl (C=O) groups excluding carboxylic acids is 1. The van der Waals surface area contributed by atoms with Gasteiger partial charge in [-0.25, -0.2) is 0 Å². The maximum absolute atomic E-state index is 11.8. The molecule has 10 atom stereocenters. The largest absolute Gasteiger partial charge is 0.394 e. The van der Waals surface area contributed by atoms with Crippen LogP contribution in [0.4, 0.5) is 0 Å². The van der Waals surface area contributed by atoms with Crippen LogP contribution in [0.1, 0.15) is 12.5 Å². The molecule has 12 nitrogen and oxygen atoms in total. The highest BCUT2D eigenvalue weighted by atomic mass is 16.7. The number of benzene rings is 1. The van der Waals surface area contributed by atoms with Gasteiger partial charge in [-0.15, -0.1) is 0 Å². The first-order chi connectivity index (χ1) is 16.3. The summed E-state index contributed by atoms with van der Waals surface area (Å²) in [6, 6.07) is 8.13. The Morgan fingerprint density at radius 3 is 2.18 bits per heavy atom. The molecule has 0 saturated carbocycles. The summed E-state index contributed by atoms with van der Waals surface area (Å²) in [6.45, 7) is 0.214. The minimum atomic E-state index is -1.46. The van der Waals surface area contributed by atoms with Crippen molar-refractivity contribution in [2.45, 2.75) is 74.9 Å². The van der Waals surface area contributed by atoms with Crippen LogP contribution < -0.4 is 5.32 Å². The van der Waals surface area contributed by atoms with Crippen molar-refractivity contribution in [3.63, 3.8) is 0 Å². The van der Waals surface area contributed by atoms with Crippen molar-refractivity contribution in [2.75, 3.05) is 20.3 Å². The van der Waals surface area contributed by atoms with Gasteiger partial charge in [-0.05, 0) is 5.56 Å². The fraction of sp³-hybridized carbons (Fsp3) is 0.682. The summed E-state index contributed by atoms with van der Waals surface area (Å²) in [5.41, 5.74) is 0.835. The molecular weight excluding hydrogens is 454 g/mol. The number of methoxy groups -OCH3 is 1. The maximum Gasteiger partial charge on any atom is 0.217 e. The van der Waals surface area contributed by atoms with Crippen LogP contribution in [0.25, 0.3) is 0 Å². The van der Waals surface area contributed by atoms with Gasteiger partial charge in [0, 0.05) is 14.0 Å². The summed E-state index contributed by atoms with van der Waals surface area (Å²) >= 11 is 0. The average molecular weight is 488 g/mol. The Morgan fingerprint density at radius 2 is 1.59 bits per heavy atom. The third kappa shape index (κ3) is 6.10. The first-order valence-corrected chi connectivity index (χ1v) is 11.0. The van der Waals surface area contributed by atoms with Gasteiger partial charge in [-0.1, -0.05) is 30.3 Å². The van der Waals surface area contributed by atoms with E-state index in [4.69, 9.17) is 23.7 Å². The van der Waals surface area contributed by atoms with E-state index >= 15 is 0 Å². The second kappa shape index (κ2) is 12.3. The molecule has 1 aromatic carbocycles. The van der Waals surface area contributed by atoms with Gasteiger partial charge in [-0.3, -0.25) is 4.79 Å². The van der Waals surface area contributed by atoms with E-state index in [1.54, 1.807) is 0 Å². The first kappa shape index (κ1) is 26.9. The summed E-state index contributed by atoms with van der Waals surface area (Å²) in [4.78, 5) is 11.8. The Bertz CT molecular complexity index is 768. The summed E-state index contributed by atoms with van der Waals surface area (Å²) in [5, 5.41) is 53.5. The van der Waals surface area contributed by atoms with E-state index in [9.17, 15) is 30.3 Å². The Labute approximate surface area is 197 Å². The standard InChI is InChI=1S/C22H33NO11/c1-11(26)23-15-17(28)19(34-22-20(30-2)18(29)16(27)13(8-24)32-22)14(9-25)33-21(15)31-10-12-6-4-3-5-7-12/h3-7,13-22,24-25,27-29H,8-10H2,1-2H3,(H,23,26). The van der Waals surface area contributed by atoms with Crippen LogP contribution in [0.5, 0.6) is 0 Å². The molecule has 192 valence electrons. The lowest BCUT2D eigenvalue weighted by Crippen LogP contribution is -2.67. The summed E-state index contributed by atoms with van der Waals surface area (Å²) in [6.07, 6.45) is -11.4. The predicted molar refractivity (Wildman–Crippen MR) is 114 cm³/mol. The normalized spacial score (nSPS) is 38.4. The molecular formula is C22H33NO11. The molecule has 2 fully saturated rings. The zero-order valence-corrected chi connectivity index (χ0v) is 19.0. The lowest BCUT2D eigenvalue weighted by Gasteiger charge is -2.47. The third-order valence-corrected chi connectivity index (χ3v) is 5.87. The molecule has 3 rings (SSSR count). The Hall–Kier alpha value is -1.71. The Morgan fingerprint density at radius 1 is 0.941 bits per heavy atom. The molecule has 0 bridgehead atoms. The number of aliphatic hydroxyl groups is 5. The fourth-order valence-electron chi connectivity index (χ4n) is 4.09. The number of nitrogens with one attached hydrogen (secondary N) is 1. The number of amides is 1. The second-order valence-electron chi connectivity index (χ2n) is 8.25. The fourth-order valence-corrected chi connectivity index (χ4v) is 4.09. The maximum atomic E-state index is 11.8. The third-order valence-electron chi connectivity index (χ3n) is 5.87. The monoisotopic (exact) mass is 487 g/mol. The lowest BCUT2D eigenvalue weighted by atomic mass is 9.95. The lowest BCUT2D eigenvalue weighted by molar-refractivity contribution is -0.351. The number of carbonyl (C=O) groups is 1. The molecule has 0 spiro atoms. The number of aliphatic hydroxyl groups excluding tert-OH is 5. The molecule has 2 aliphatic rings. The molecule has 1 amide bonds. The molecule has 12 heteroatoms. The smallest absolute Gasteiger partial charge is 0.217 e. The van der Waals surface area contributed by atoms with Gasteiger partial charge in [0.2, 0.25) is 5.91 Å². The van der Waals surface area contributed by atoms with Gasteiger partial charge in [0.05, 0.1) is 19.8 Å². The van der Waals surface area contributed by atoms with Crippen molar-refractivity contribution in [2.24, 2.45) is 0 Å². The first-order valence-electron chi connectivity index (χ1n) is 11.0. The van der Waals surface area contributed by atoms with Gasteiger partial charge in [0.15, 0.2) is 12.6 Å². The van der Waals surface area contributed by atoms with Crippen molar-refractivity contribution in [3.05, 3.63) is 35.9 Å². The van der Waals surface area contributed by atoms with Crippen molar-refractivity contribution < 1.29 is 54.0 Å². The summed E-state index contributed by atoms with van der Waals surface area (Å²) in [5.74, 6) is -0.454. The molecule has 2 aliphatic heterocycles. The van der Waals surface area contributed by atoms with Gasteiger partial charge < -0.3 is 54.5 Å². The van der Waals surface area contributed by atoms with Crippen LogP contribution in [0.3, 0.4) is 0 Å². The molecule has 2 saturated heterocycles. The van der Waals surface area contributed by atoms with Crippen molar-refractivity contribution in [3.8, 4) is 0 Å². The van der Waals surface area contributed by atoms with Crippen molar-refractivity contribution >= 4 is 5.91 Å². The summed E-state index contributed by atoms with van der Waals surface area (Å²) < 4.78 is 28.2. The van der Waals surface area contributed by atoms with Crippen LogP contribution in [0.2, 0.25) is 0 Å². The van der Waals surface area contributed by atoms with Crippen LogP contribution in [-0.4, -0.2) is 113 Å². The van der Waals surface area contributed by atoms with Crippen LogP contribution in [0, 0.1) is 0 Å². The predicted octanol–water partition coefficient (Wildman–Crippen LogP) is -2.37. The van der Waals surface area contributed by atoms with Gasteiger partial charge in [0.1, 0.15) is 48.8 Å². The van der Waals surface area contributed by atoms with Gasteiger partial charge >= 0.3 is 0 Å². The van der Waals surface area contributed by atoms with Crippen LogP contribution >= 0.6 is 0 Å². The highest BCUT2D eigenvalue weighted by Crippen LogP contribution is 2.30. The number of hydrogen-bond acceptors (Lipinski definition) is 11. The van der Waals surface area contributed by atoms with Crippen molar-refractivity contribution in [1.82, 2.24) is 5.32 Å². The second-order valence-corrected chi connectivity index (χ2v) is 8.25. The van der Waals surface area contributed by atoms with E-state index in [2.05, 4.69) is 5.32 Å². The molecule has 0 aromatic heterocycles. The highest BCUT2D eigenvalue weighted by molar-refractivity contribution is 5.73. The Balaban J connectivity index is 1.78. The van der Waals surface area contributed by atoms with Gasteiger partial charge in [-0.2, -0.15) is 0 Å². The van der Waals surface area contributed by atoms with E-state index in [-0.39, 0.29) is 6.61 Å². The number of rotatable bonds is 9. The molecule has 1 aromatic rings. The topological polar surface area (TPSA) is 176 Å². The minimum absolute atomic E-state index is 0.123. The zero-order chi connectivity index (χ0) is 24.8. The van der Waals surface area contributed by atoms with E-state index in [1.807, 2.05) is 30.3 Å². The van der Waals surface area contributed by atoms with Crippen molar-refractivity contribution in [1.29, 1.82) is 0 Å². The summed E-state index contributed by atoms with van der Waals surface area (Å²) in [7, 11) is 1.27. The molecule has 34 heavy (non-hydrogen) atoms. The Kier molecular flexibility index (Phi) is 9.74. The zero-order valence-electron chi connectivity index (χ0n) is 19.0. The van der Waals surface area contributed by atoms with Crippen LogP contribution in [0.15, 0.2) is 30.3 Å². The molecule has 6 N–H and O–H groups in total. The molecule has 0 aliphatic carbocycles. The molecule has 2 heterocycles. The van der Waals surface area contributed by atoms with E-state index < -0.39 is 80.5 Å². The van der Waals surface area contributed by atoms with Crippen LogP contribution in [-0.2, 0) is 35.1 Å². The van der Waals surface area contributed by atoms with E-state index in [0.29, 0.717) is 0 Å². The minimum Gasteiger partial charge on any atom is -0.394 e.